The van der Waals surface area contributed by atoms with Gasteiger partial charge in [0, 0.05) is 52.9 Å². The number of ether oxygens (including phenoxy) is 3. The van der Waals surface area contributed by atoms with Gasteiger partial charge in [0.2, 0.25) is 29.9 Å². The van der Waals surface area contributed by atoms with Crippen LogP contribution in [0.3, 0.4) is 0 Å². The number of halogens is 6. The minimum absolute atomic E-state index is 0.0182. The number of benzene rings is 3. The molecule has 5 atom stereocenters. The number of nitrogens with one attached hydrogen (secondary N) is 4. The number of anilines is 2. The maximum Gasteiger partial charge on any atom is 0.407 e. The van der Waals surface area contributed by atoms with Gasteiger partial charge < -0.3 is 49.8 Å². The van der Waals surface area contributed by atoms with E-state index in [1.54, 1.807) is 44.4 Å². The van der Waals surface area contributed by atoms with Crippen molar-refractivity contribution in [1.82, 2.24) is 25.0 Å². The van der Waals surface area contributed by atoms with Gasteiger partial charge in [0.05, 0.1) is 38.5 Å². The van der Waals surface area contributed by atoms with Crippen molar-refractivity contribution in [2.75, 3.05) is 37.9 Å². The fourth-order valence-corrected chi connectivity index (χ4v) is 8.56. The highest BCUT2D eigenvalue weighted by Crippen LogP contribution is 2.46. The van der Waals surface area contributed by atoms with Gasteiger partial charge in [-0.25, -0.2) is 35.9 Å². The Bertz CT molecular complexity index is 2620. The molecule has 4 heterocycles. The first-order valence-corrected chi connectivity index (χ1v) is 21.1. The second kappa shape index (κ2) is 18.4. The lowest BCUT2D eigenvalue weighted by molar-refractivity contribution is -0.140. The predicted molar refractivity (Wildman–Crippen MR) is 228 cm³/mol. The molecule has 0 radical (unpaired) electrons. The van der Waals surface area contributed by atoms with Crippen molar-refractivity contribution in [3.05, 3.63) is 77.9 Å². The van der Waals surface area contributed by atoms with E-state index in [-0.39, 0.29) is 22.7 Å². The summed E-state index contributed by atoms with van der Waals surface area (Å²) in [6.45, 7) is 4.17. The predicted octanol–water partition coefficient (Wildman–Crippen LogP) is 6.64. The zero-order chi connectivity index (χ0) is 48.9. The molecule has 67 heavy (non-hydrogen) atoms. The van der Waals surface area contributed by atoms with Gasteiger partial charge >= 0.3 is 12.2 Å². The average molecular weight is 944 g/mol. The largest absolute Gasteiger partial charge is 0.465 e. The number of likely N-dealkylation sites (tertiary alicyclic amines) is 2. The maximum atomic E-state index is 14.9. The fourth-order valence-electron chi connectivity index (χ4n) is 8.56. The van der Waals surface area contributed by atoms with Gasteiger partial charge in [0.15, 0.2) is 0 Å². The lowest BCUT2D eigenvalue weighted by atomic mass is 10.0. The number of aromatic nitrogens is 1. The van der Waals surface area contributed by atoms with E-state index in [0.717, 1.165) is 31.3 Å². The zero-order valence-electron chi connectivity index (χ0n) is 36.9. The highest BCUT2D eigenvalue weighted by atomic mass is 19.3. The molecule has 4 aromatic rings. The molecule has 0 bridgehead atoms. The van der Waals surface area contributed by atoms with Crippen LogP contribution in [0.2, 0.25) is 0 Å². The summed E-state index contributed by atoms with van der Waals surface area (Å²) in [7, 11) is 2.15. The molecule has 2 fully saturated rings. The number of alkyl carbamates (subject to hydrolysis) is 2. The van der Waals surface area contributed by atoms with Crippen LogP contribution in [0.25, 0.3) is 22.2 Å². The van der Waals surface area contributed by atoms with E-state index < -0.39 is 127 Å². The summed E-state index contributed by atoms with van der Waals surface area (Å²) in [5, 5.41) is 10.3. The van der Waals surface area contributed by atoms with Crippen LogP contribution in [-0.2, 0) is 28.7 Å². The molecule has 0 spiro atoms. The summed E-state index contributed by atoms with van der Waals surface area (Å²) < 4.78 is 106. The van der Waals surface area contributed by atoms with Gasteiger partial charge in [-0.15, -0.1) is 0 Å². The Morgan fingerprint density at radius 3 is 1.63 bits per heavy atom. The molecule has 16 nitrogen and oxygen atoms in total. The number of rotatable bonds is 11. The molecule has 6 amide bonds. The smallest absolute Gasteiger partial charge is 0.407 e. The number of alkyl halides is 4. The van der Waals surface area contributed by atoms with Crippen molar-refractivity contribution >= 4 is 58.1 Å². The van der Waals surface area contributed by atoms with Crippen molar-refractivity contribution in [2.24, 2.45) is 11.8 Å². The van der Waals surface area contributed by atoms with Crippen molar-refractivity contribution in [1.29, 1.82) is 0 Å². The average Bonchev–Trinajstić information content (AvgIpc) is 3.92. The molecular formula is C45H47F6N7O9. The first-order valence-electron chi connectivity index (χ1n) is 21.1. The Balaban J connectivity index is 1.19. The van der Waals surface area contributed by atoms with Crippen LogP contribution in [-0.4, -0.2) is 114 Å². The number of hydrogen-bond donors (Lipinski definition) is 4. The molecule has 3 aliphatic heterocycles. The third kappa shape index (κ3) is 9.92. The quantitative estimate of drug-likeness (QED) is 0.120. The van der Waals surface area contributed by atoms with E-state index in [1.165, 1.54) is 30.3 Å². The minimum Gasteiger partial charge on any atom is -0.465 e. The molecule has 358 valence electrons. The maximum absolute atomic E-state index is 14.9. The zero-order valence-corrected chi connectivity index (χ0v) is 36.9. The number of amides is 6. The van der Waals surface area contributed by atoms with Crippen LogP contribution in [0.15, 0.2) is 60.7 Å². The fraction of sp³-hybridized carbons (Fsp3) is 0.422. The Kier molecular flexibility index (Phi) is 13.1. The van der Waals surface area contributed by atoms with E-state index in [2.05, 4.69) is 30.7 Å². The van der Waals surface area contributed by atoms with Crippen LogP contribution in [0.5, 0.6) is 5.75 Å². The van der Waals surface area contributed by atoms with Gasteiger partial charge in [-0.05, 0) is 60.4 Å². The number of methoxy groups -OCH3 is 2. The summed E-state index contributed by atoms with van der Waals surface area (Å²) in [6, 6.07) is 7.44. The molecule has 0 aliphatic carbocycles. The molecular weight excluding hydrogens is 897 g/mol. The number of hydrogen-bond acceptors (Lipinski definition) is 9. The van der Waals surface area contributed by atoms with E-state index >= 15 is 0 Å². The molecule has 2 saturated heterocycles. The number of nitrogens with zero attached hydrogens (tertiary/aromatic N) is 3. The van der Waals surface area contributed by atoms with Crippen molar-refractivity contribution < 1.29 is 69.3 Å². The first kappa shape index (κ1) is 47.9. The highest BCUT2D eigenvalue weighted by molar-refractivity contribution is 6.02. The van der Waals surface area contributed by atoms with E-state index in [1.807, 2.05) is 0 Å². The van der Waals surface area contributed by atoms with E-state index in [0.29, 0.717) is 33.1 Å². The van der Waals surface area contributed by atoms with Crippen LogP contribution < -0.4 is 26.0 Å². The molecule has 3 aromatic carbocycles. The van der Waals surface area contributed by atoms with Crippen LogP contribution >= 0.6 is 0 Å². The monoisotopic (exact) mass is 943 g/mol. The lowest BCUT2D eigenvalue weighted by Crippen LogP contribution is -2.54. The molecule has 22 heteroatoms. The van der Waals surface area contributed by atoms with Gasteiger partial charge in [0.1, 0.15) is 41.6 Å². The molecule has 3 aliphatic rings. The molecule has 2 unspecified atom stereocenters. The van der Waals surface area contributed by atoms with Gasteiger partial charge in [-0.1, -0.05) is 27.7 Å². The van der Waals surface area contributed by atoms with Crippen LogP contribution in [0, 0.1) is 23.5 Å². The lowest BCUT2D eigenvalue weighted by Gasteiger charge is -2.31. The van der Waals surface area contributed by atoms with Crippen molar-refractivity contribution in [3.63, 3.8) is 0 Å². The Hall–Kier alpha value is -7.00. The summed E-state index contributed by atoms with van der Waals surface area (Å²) in [5.41, 5.74) is 1.44. The summed E-state index contributed by atoms with van der Waals surface area (Å²) in [6.07, 6.45) is -5.20. The van der Waals surface area contributed by atoms with Crippen LogP contribution in [0.4, 0.5) is 47.3 Å². The summed E-state index contributed by atoms with van der Waals surface area (Å²) in [5.74, 6) is -13.5. The van der Waals surface area contributed by atoms with Gasteiger partial charge in [0.25, 0.3) is 11.8 Å². The summed E-state index contributed by atoms with van der Waals surface area (Å²) in [4.78, 5) is 80.0. The van der Waals surface area contributed by atoms with Crippen molar-refractivity contribution in [2.45, 2.75) is 82.8 Å². The molecule has 4 N–H and O–H groups in total. The van der Waals surface area contributed by atoms with Crippen molar-refractivity contribution in [3.8, 4) is 17.0 Å². The third-order valence-electron chi connectivity index (χ3n) is 11.8. The molecule has 1 aromatic heterocycles. The number of carbonyl (C=O) groups is 6. The minimum atomic E-state index is -3.45. The van der Waals surface area contributed by atoms with Gasteiger partial charge in [-0.3, -0.25) is 19.2 Å². The summed E-state index contributed by atoms with van der Waals surface area (Å²) >= 11 is 0. The van der Waals surface area contributed by atoms with E-state index in [9.17, 15) is 55.1 Å². The highest BCUT2D eigenvalue weighted by Gasteiger charge is 2.53. The Morgan fingerprint density at radius 1 is 0.672 bits per heavy atom. The Morgan fingerprint density at radius 2 is 1.15 bits per heavy atom. The van der Waals surface area contributed by atoms with Gasteiger partial charge in [-0.2, -0.15) is 0 Å². The number of fused-ring (bicyclic) bond motifs is 5. The van der Waals surface area contributed by atoms with E-state index in [4.69, 9.17) is 4.74 Å². The third-order valence-corrected chi connectivity index (χ3v) is 11.8. The standard InChI is InChI=1S/C45H47F6N7O9/c1-21(2)35(54-42(63)65-5)39(61)56-19-44(48,49)17-32(56)37(59)52-27-8-10-30-23(13-27)14-31-29-9-7-28(16-34(29)67-41(58(30)31)24-11-25(46)15-26(47)12-24)53-38(60)33-18-45(50,51)20-57(33)40(62)36(22(3)4)55-43(64)66-6/h7-16,21-22,32-33,35-36,41H,17-20H2,1-6H3,(H,52,59)(H,53,60)(H,54,63)(H,55,64)/t32-,33-,35?,36-,41?/m0/s1. The number of carbonyl (C=O) groups excluding carboxylic acids is 6. The second-order valence-corrected chi connectivity index (χ2v) is 17.3. The first-order chi connectivity index (χ1) is 31.5. The molecule has 0 saturated carbocycles. The second-order valence-electron chi connectivity index (χ2n) is 17.3. The SMILES string of the molecule is COC(=O)NC(C(=O)N1CC(F)(F)C[C@H]1C(=O)Nc1ccc2c(c1)cc1n2C(c2cc(F)cc(F)c2)Oc2cc(NC(=O)[C@@H]3CC(F)(F)CN3C(=O)[C@@H](NC(=O)OC)C(C)C)ccc2-1)C(C)C. The topological polar surface area (TPSA) is 190 Å². The van der Waals surface area contributed by atoms with Crippen LogP contribution in [0.1, 0.15) is 52.3 Å². The normalized spacial score (nSPS) is 20.1. The molecule has 7 rings (SSSR count). The Labute approximate surface area is 379 Å².